The Morgan fingerprint density at radius 2 is 1.76 bits per heavy atom. The second kappa shape index (κ2) is 18.0. The molecule has 2 atom stereocenters. The zero-order valence-electron chi connectivity index (χ0n) is 39.5. The number of aliphatic hydroxyl groups is 1. The smallest absolute Gasteiger partial charge is 0.297 e. The van der Waals surface area contributed by atoms with Crippen LogP contribution in [0.2, 0.25) is 0 Å². The summed E-state index contributed by atoms with van der Waals surface area (Å²) in [6.45, 7) is 6.55. The third kappa shape index (κ3) is 8.91. The third-order valence-electron chi connectivity index (χ3n) is 16.1. The minimum Gasteiger partial charge on any atom is -0.489 e. The van der Waals surface area contributed by atoms with Gasteiger partial charge in [-0.1, -0.05) is 24.3 Å². The van der Waals surface area contributed by atoms with Crippen molar-refractivity contribution in [2.45, 2.75) is 125 Å². The summed E-state index contributed by atoms with van der Waals surface area (Å²) in [6, 6.07) is 18.3. The fourth-order valence-corrected chi connectivity index (χ4v) is 13.0. The number of hydrogen-bond donors (Lipinski definition) is 4. The number of rotatable bonds is 13. The van der Waals surface area contributed by atoms with E-state index in [1.165, 1.54) is 55.6 Å². The molecule has 5 heterocycles. The van der Waals surface area contributed by atoms with Crippen LogP contribution in [-0.4, -0.2) is 89.8 Å². The number of aromatic nitrogens is 2. The van der Waals surface area contributed by atoms with Gasteiger partial charge < -0.3 is 34.5 Å². The van der Waals surface area contributed by atoms with Crippen LogP contribution in [-0.2, 0) is 10.0 Å². The van der Waals surface area contributed by atoms with Gasteiger partial charge in [0.25, 0.3) is 27.5 Å². The number of anilines is 2. The zero-order valence-corrected chi connectivity index (χ0v) is 40.4. The molecule has 3 aliphatic heterocycles. The van der Waals surface area contributed by atoms with Crippen LogP contribution in [0.5, 0.6) is 23.1 Å². The van der Waals surface area contributed by atoms with E-state index < -0.39 is 42.9 Å². The monoisotopic (exact) mass is 977 g/mol. The summed E-state index contributed by atoms with van der Waals surface area (Å²) in [4.78, 5) is 37.7. The molecule has 1 spiro atoms. The number of hydrogen-bond acceptors (Lipinski definition) is 13. The SMILES string of the molecule is CCOc1nc2[nH]cc(F)c2cc1Oc1cc(N2CCC3(CC2)CC(N2CCC[C@@H]2c2ccccc2C2CC2)C3)ccc1C(=O)NS(=O)(=O)c1cc2c(c([N+](=O)[O-])c1)N[C@@H](C1CCC(C)(O)CC1)CO2. The molecule has 11 rings (SSSR count). The summed E-state index contributed by atoms with van der Waals surface area (Å²) < 4.78 is 63.4. The maximum atomic E-state index is 14.9. The van der Waals surface area contributed by atoms with Crippen LogP contribution in [0.25, 0.3) is 11.0 Å². The predicted octanol–water partition coefficient (Wildman–Crippen LogP) is 9.50. The highest BCUT2D eigenvalue weighted by Crippen LogP contribution is 2.55. The van der Waals surface area contributed by atoms with Gasteiger partial charge in [-0.15, -0.1) is 0 Å². The normalized spacial score (nSPS) is 24.6. The van der Waals surface area contributed by atoms with Gasteiger partial charge in [-0.05, 0) is 138 Å². The van der Waals surface area contributed by atoms with Crippen molar-refractivity contribution < 1.29 is 41.8 Å². The number of nitro benzene ring substituents is 1. The van der Waals surface area contributed by atoms with E-state index in [1.807, 2.05) is 0 Å². The molecular weight excluding hydrogens is 918 g/mol. The van der Waals surface area contributed by atoms with Crippen molar-refractivity contribution >= 4 is 44.0 Å². The molecule has 0 unspecified atom stereocenters. The molecule has 5 fully saturated rings. The van der Waals surface area contributed by atoms with Gasteiger partial charge in [0.2, 0.25) is 0 Å². The number of benzene rings is 3. The molecule has 5 aromatic rings. The zero-order chi connectivity index (χ0) is 48.5. The van der Waals surface area contributed by atoms with E-state index >= 15 is 0 Å². The maximum Gasteiger partial charge on any atom is 0.297 e. The van der Waals surface area contributed by atoms with Crippen molar-refractivity contribution in [3.8, 4) is 23.1 Å². The Balaban J connectivity index is 0.833. The van der Waals surface area contributed by atoms with Gasteiger partial charge >= 0.3 is 0 Å². The molecule has 2 aromatic heterocycles. The van der Waals surface area contributed by atoms with Crippen molar-refractivity contribution in [3.05, 3.63) is 99.5 Å². The number of nitro groups is 1. The van der Waals surface area contributed by atoms with Crippen molar-refractivity contribution in [2.75, 3.05) is 43.1 Å². The van der Waals surface area contributed by atoms with Crippen LogP contribution in [0.4, 0.5) is 21.5 Å². The van der Waals surface area contributed by atoms with E-state index in [-0.39, 0.29) is 76.0 Å². The van der Waals surface area contributed by atoms with Crippen molar-refractivity contribution in [2.24, 2.45) is 11.3 Å². The van der Waals surface area contributed by atoms with Gasteiger partial charge in [0.15, 0.2) is 17.2 Å². The largest absolute Gasteiger partial charge is 0.489 e. The van der Waals surface area contributed by atoms with Crippen molar-refractivity contribution in [1.82, 2.24) is 19.6 Å². The first-order valence-electron chi connectivity index (χ1n) is 24.9. The highest BCUT2D eigenvalue weighted by molar-refractivity contribution is 7.90. The Bertz CT molecular complexity index is 2950. The molecule has 2 saturated heterocycles. The second-order valence-corrected chi connectivity index (χ2v) is 22.5. The van der Waals surface area contributed by atoms with Crippen LogP contribution >= 0.6 is 0 Å². The molecule has 18 heteroatoms. The van der Waals surface area contributed by atoms with Gasteiger partial charge in [-0.25, -0.2) is 17.5 Å². The standard InChI is InChI=1S/C52H60FN7O9S/c1-3-67-50-46(26-39-40(53)29-54-48(39)56-50)69-44-23-33(58-21-18-52(19-22-58)27-34(28-52)59-20-6-9-42(59)37-8-5-4-7-36(37)31-10-11-31)12-13-38(44)49(61)57-70(65,66)35-24-43(60(63)64)47-45(25-35)68-30-41(55-47)32-14-16-51(2,62)17-15-32/h4-5,7-8,12-13,23-26,29,31-32,34,41-42,55,62H,3,6,9-11,14-22,27-28,30H2,1-2H3,(H,54,56)(H,57,61)/t32?,41-,42-,51?/m1/s1. The van der Waals surface area contributed by atoms with E-state index in [4.69, 9.17) is 14.2 Å². The summed E-state index contributed by atoms with van der Waals surface area (Å²) in [5.74, 6) is -0.864. The number of nitrogens with one attached hydrogen (secondary N) is 3. The van der Waals surface area contributed by atoms with E-state index in [2.05, 4.69) is 54.1 Å². The molecule has 0 radical (unpaired) electrons. The van der Waals surface area contributed by atoms with Crippen LogP contribution in [0, 0.1) is 27.3 Å². The first kappa shape index (κ1) is 46.4. The van der Waals surface area contributed by atoms with Crippen LogP contribution in [0.1, 0.15) is 124 Å². The molecule has 3 aromatic carbocycles. The van der Waals surface area contributed by atoms with Crippen LogP contribution < -0.4 is 29.1 Å². The van der Waals surface area contributed by atoms with Gasteiger partial charge in [0, 0.05) is 61.3 Å². The van der Waals surface area contributed by atoms with Gasteiger partial charge in [-0.2, -0.15) is 4.98 Å². The number of sulfonamides is 1. The van der Waals surface area contributed by atoms with E-state index in [0.29, 0.717) is 43.7 Å². The number of aromatic amines is 1. The fraction of sp³-hybridized carbons (Fsp3) is 0.500. The molecular formula is C52H60FN7O9S. The molecule has 0 bridgehead atoms. The summed E-state index contributed by atoms with van der Waals surface area (Å²) >= 11 is 0. The Kier molecular flexibility index (Phi) is 11.9. The fourth-order valence-electron chi connectivity index (χ4n) is 12.0. The minimum atomic E-state index is -4.75. The molecule has 16 nitrogen and oxygen atoms in total. The molecule has 4 N–H and O–H groups in total. The van der Waals surface area contributed by atoms with Gasteiger partial charge in [-0.3, -0.25) is 19.8 Å². The number of ether oxygens (including phenoxy) is 3. The summed E-state index contributed by atoms with van der Waals surface area (Å²) in [5.41, 5.74) is 2.91. The van der Waals surface area contributed by atoms with Crippen LogP contribution in [0.15, 0.2) is 71.8 Å². The number of nitrogens with zero attached hydrogens (tertiary/aromatic N) is 4. The number of piperidine rings is 1. The molecule has 1 amide bonds. The average Bonchev–Trinajstić information content (AvgIpc) is 3.97. The first-order valence-corrected chi connectivity index (χ1v) is 26.4. The maximum absolute atomic E-state index is 14.9. The number of carbonyl (C=O) groups excluding carboxylic acids is 1. The Morgan fingerprint density at radius 1 is 1.00 bits per heavy atom. The molecule has 6 aliphatic rings. The number of fused-ring (bicyclic) bond motifs is 2. The number of amides is 1. The Morgan fingerprint density at radius 3 is 2.49 bits per heavy atom. The average molecular weight is 978 g/mol. The molecule has 370 valence electrons. The number of H-pyrrole nitrogens is 1. The minimum absolute atomic E-state index is 0.00635. The first-order chi connectivity index (χ1) is 33.7. The van der Waals surface area contributed by atoms with Crippen molar-refractivity contribution in [1.29, 1.82) is 0 Å². The van der Waals surface area contributed by atoms with E-state index in [1.54, 1.807) is 31.5 Å². The number of pyridine rings is 1. The van der Waals surface area contributed by atoms with Gasteiger partial charge in [0.1, 0.15) is 23.8 Å². The molecule has 3 saturated carbocycles. The number of halogens is 1. The third-order valence-corrected chi connectivity index (χ3v) is 17.4. The quantitative estimate of drug-likeness (QED) is 0.0643. The highest BCUT2D eigenvalue weighted by Gasteiger charge is 2.50. The van der Waals surface area contributed by atoms with E-state index in [9.17, 15) is 32.8 Å². The Hall–Kier alpha value is -5.98. The summed E-state index contributed by atoms with van der Waals surface area (Å²) in [7, 11) is -4.75. The number of carbonyl (C=O) groups is 1. The summed E-state index contributed by atoms with van der Waals surface area (Å²) in [6.07, 6.45) is 13.0. The lowest BCUT2D eigenvalue weighted by Crippen LogP contribution is -2.54. The Labute approximate surface area is 406 Å². The lowest BCUT2D eigenvalue weighted by atomic mass is 9.59. The molecule has 3 aliphatic carbocycles. The van der Waals surface area contributed by atoms with Crippen molar-refractivity contribution in [3.63, 3.8) is 0 Å². The van der Waals surface area contributed by atoms with E-state index in [0.717, 1.165) is 57.1 Å². The predicted molar refractivity (Wildman–Crippen MR) is 261 cm³/mol. The molecule has 70 heavy (non-hydrogen) atoms. The lowest BCUT2D eigenvalue weighted by molar-refractivity contribution is -0.384. The number of likely N-dealkylation sites (tertiary alicyclic amines) is 1. The second-order valence-electron chi connectivity index (χ2n) is 20.8. The summed E-state index contributed by atoms with van der Waals surface area (Å²) in [5, 5.41) is 26.3. The van der Waals surface area contributed by atoms with Crippen LogP contribution in [0.3, 0.4) is 0 Å². The van der Waals surface area contributed by atoms with Gasteiger partial charge in [0.05, 0.1) is 39.0 Å². The lowest BCUT2D eigenvalue weighted by Gasteiger charge is -2.56. The topological polar surface area (TPSA) is 201 Å². The highest BCUT2D eigenvalue weighted by atomic mass is 32.2.